The number of para-hydroxylation sites is 1. The Balaban J connectivity index is 1.73. The lowest BCUT2D eigenvalue weighted by atomic mass is 10.0. The van der Waals surface area contributed by atoms with Gasteiger partial charge in [0.15, 0.2) is 15.7 Å². The lowest BCUT2D eigenvalue weighted by Crippen LogP contribution is -2.47. The predicted molar refractivity (Wildman–Crippen MR) is 108 cm³/mol. The Morgan fingerprint density at radius 1 is 1.28 bits per heavy atom. The number of aromatic nitrogens is 3. The fourth-order valence-electron chi connectivity index (χ4n) is 3.11. The fourth-order valence-corrected chi connectivity index (χ4v) is 4.81. The summed E-state index contributed by atoms with van der Waals surface area (Å²) in [6.07, 6.45) is 1.36. The molecule has 0 saturated carbocycles. The number of sulfone groups is 1. The molecule has 2 aromatic rings. The standard InChI is InChI=1S/C19H26N4O5S/c1-19(2,29(25,26)12-13-8-10-28-11-9-13)17(24)21-18-20-16(22-23-18)14-6-4-5-7-15(14)27-3/h4-7,13H,8-12H2,1-3H3,(H2,20,21,22,23,24). The topological polar surface area (TPSA) is 123 Å². The average molecular weight is 423 g/mol. The second kappa shape index (κ2) is 8.50. The number of carbonyl (C=O) groups is 1. The highest BCUT2D eigenvalue weighted by atomic mass is 32.2. The molecule has 2 heterocycles. The number of carbonyl (C=O) groups excluding carboxylic acids is 1. The van der Waals surface area contributed by atoms with Gasteiger partial charge in [-0.25, -0.2) is 8.42 Å². The normalized spacial score (nSPS) is 15.8. The molecule has 0 unspecified atom stereocenters. The highest BCUT2D eigenvalue weighted by molar-refractivity contribution is 7.93. The van der Waals surface area contributed by atoms with Crippen molar-refractivity contribution in [1.82, 2.24) is 15.2 Å². The third kappa shape index (κ3) is 4.59. The lowest BCUT2D eigenvalue weighted by molar-refractivity contribution is -0.117. The number of benzene rings is 1. The van der Waals surface area contributed by atoms with Crippen LogP contribution >= 0.6 is 0 Å². The summed E-state index contributed by atoms with van der Waals surface area (Å²) in [6, 6.07) is 7.23. The van der Waals surface area contributed by atoms with Gasteiger partial charge in [-0.1, -0.05) is 12.1 Å². The molecule has 1 fully saturated rings. The number of amides is 1. The molecule has 0 spiro atoms. The van der Waals surface area contributed by atoms with Gasteiger partial charge in [0.05, 0.1) is 18.4 Å². The third-order valence-electron chi connectivity index (χ3n) is 5.20. The molecule has 0 bridgehead atoms. The second-order valence-corrected chi connectivity index (χ2v) is 10.1. The smallest absolute Gasteiger partial charge is 0.247 e. The number of H-pyrrole nitrogens is 1. The van der Waals surface area contributed by atoms with Crippen LogP contribution in [0.15, 0.2) is 24.3 Å². The van der Waals surface area contributed by atoms with Crippen molar-refractivity contribution >= 4 is 21.7 Å². The first kappa shape index (κ1) is 21.3. The van der Waals surface area contributed by atoms with Crippen molar-refractivity contribution in [2.75, 3.05) is 31.4 Å². The minimum Gasteiger partial charge on any atom is -0.496 e. The van der Waals surface area contributed by atoms with Crippen LogP contribution in [0.25, 0.3) is 11.4 Å². The number of rotatable bonds is 7. The summed E-state index contributed by atoms with van der Waals surface area (Å²) in [4.78, 5) is 15.7. The molecule has 0 atom stereocenters. The van der Waals surface area contributed by atoms with E-state index in [0.717, 1.165) is 0 Å². The zero-order valence-electron chi connectivity index (χ0n) is 16.8. The Bertz CT molecular complexity index is 964. The van der Waals surface area contributed by atoms with E-state index in [9.17, 15) is 13.2 Å². The number of aromatic amines is 1. The monoisotopic (exact) mass is 422 g/mol. The number of nitrogens with one attached hydrogen (secondary N) is 2. The van der Waals surface area contributed by atoms with E-state index in [-0.39, 0.29) is 17.6 Å². The molecule has 1 saturated heterocycles. The van der Waals surface area contributed by atoms with Crippen LogP contribution in [0.1, 0.15) is 26.7 Å². The van der Waals surface area contributed by atoms with Gasteiger partial charge in [0.25, 0.3) is 0 Å². The third-order valence-corrected chi connectivity index (χ3v) is 7.85. The van der Waals surface area contributed by atoms with Crippen molar-refractivity contribution in [2.45, 2.75) is 31.4 Å². The number of anilines is 1. The molecule has 1 amide bonds. The van der Waals surface area contributed by atoms with Crippen LogP contribution in [0, 0.1) is 5.92 Å². The van der Waals surface area contributed by atoms with E-state index in [0.29, 0.717) is 43.2 Å². The van der Waals surface area contributed by atoms with Crippen molar-refractivity contribution in [3.8, 4) is 17.1 Å². The van der Waals surface area contributed by atoms with Gasteiger partial charge in [-0.2, -0.15) is 0 Å². The molecule has 1 aliphatic rings. The minimum atomic E-state index is -3.68. The summed E-state index contributed by atoms with van der Waals surface area (Å²) in [7, 11) is -2.14. The lowest BCUT2D eigenvalue weighted by Gasteiger charge is -2.28. The Kier molecular flexibility index (Phi) is 6.23. The van der Waals surface area contributed by atoms with E-state index in [2.05, 4.69) is 20.5 Å². The predicted octanol–water partition coefficient (Wildman–Crippen LogP) is 2.04. The molecule has 29 heavy (non-hydrogen) atoms. The van der Waals surface area contributed by atoms with Crippen LogP contribution in [0.4, 0.5) is 5.95 Å². The quantitative estimate of drug-likeness (QED) is 0.700. The van der Waals surface area contributed by atoms with Gasteiger partial charge in [0, 0.05) is 13.2 Å². The van der Waals surface area contributed by atoms with Crippen LogP contribution in [-0.2, 0) is 19.4 Å². The van der Waals surface area contributed by atoms with Crippen molar-refractivity contribution in [2.24, 2.45) is 5.92 Å². The van der Waals surface area contributed by atoms with Crippen molar-refractivity contribution in [1.29, 1.82) is 0 Å². The first-order valence-corrected chi connectivity index (χ1v) is 11.1. The van der Waals surface area contributed by atoms with Crippen LogP contribution < -0.4 is 10.1 Å². The summed E-state index contributed by atoms with van der Waals surface area (Å²) in [5.74, 6) is 0.377. The van der Waals surface area contributed by atoms with Gasteiger partial charge >= 0.3 is 0 Å². The van der Waals surface area contributed by atoms with Crippen molar-refractivity contribution in [3.63, 3.8) is 0 Å². The molecular weight excluding hydrogens is 396 g/mol. The molecule has 0 aliphatic carbocycles. The maximum absolute atomic E-state index is 12.9. The number of hydrogen-bond acceptors (Lipinski definition) is 7. The van der Waals surface area contributed by atoms with E-state index in [1.54, 1.807) is 19.2 Å². The molecule has 158 valence electrons. The number of nitrogens with zero attached hydrogens (tertiary/aromatic N) is 2. The molecule has 3 rings (SSSR count). The van der Waals surface area contributed by atoms with Crippen LogP contribution in [0.5, 0.6) is 5.75 Å². The molecule has 0 radical (unpaired) electrons. The van der Waals surface area contributed by atoms with Crippen LogP contribution in [-0.4, -0.2) is 60.3 Å². The van der Waals surface area contributed by atoms with Gasteiger partial charge in [0.2, 0.25) is 11.9 Å². The Hall–Kier alpha value is -2.46. The number of hydrogen-bond donors (Lipinski definition) is 2. The molecule has 10 heteroatoms. The summed E-state index contributed by atoms with van der Waals surface area (Å²) in [6.45, 7) is 3.93. The van der Waals surface area contributed by atoms with Gasteiger partial charge in [-0.05, 0) is 44.7 Å². The molecule has 1 aromatic heterocycles. The highest BCUT2D eigenvalue weighted by Gasteiger charge is 2.43. The zero-order valence-corrected chi connectivity index (χ0v) is 17.6. The van der Waals surface area contributed by atoms with E-state index >= 15 is 0 Å². The van der Waals surface area contributed by atoms with Gasteiger partial charge in [-0.15, -0.1) is 10.2 Å². The molecule has 1 aliphatic heterocycles. The van der Waals surface area contributed by atoms with E-state index in [1.165, 1.54) is 13.8 Å². The fraction of sp³-hybridized carbons (Fsp3) is 0.526. The Morgan fingerprint density at radius 3 is 2.66 bits per heavy atom. The summed E-state index contributed by atoms with van der Waals surface area (Å²) < 4.78 is 34.8. The minimum absolute atomic E-state index is 0.00301. The van der Waals surface area contributed by atoms with Crippen molar-refractivity contribution in [3.05, 3.63) is 24.3 Å². The van der Waals surface area contributed by atoms with Crippen LogP contribution in [0.3, 0.4) is 0 Å². The maximum Gasteiger partial charge on any atom is 0.247 e. The van der Waals surface area contributed by atoms with Gasteiger partial charge in [-0.3, -0.25) is 10.1 Å². The summed E-state index contributed by atoms with van der Waals surface area (Å²) in [5.41, 5.74) is 0.675. The first-order chi connectivity index (χ1) is 13.7. The average Bonchev–Trinajstić information content (AvgIpc) is 3.16. The highest BCUT2D eigenvalue weighted by Crippen LogP contribution is 2.28. The second-order valence-electron chi connectivity index (χ2n) is 7.52. The Labute approximate surface area is 170 Å². The van der Waals surface area contributed by atoms with Gasteiger partial charge in [0.1, 0.15) is 10.5 Å². The molecular formula is C19H26N4O5S. The molecule has 2 N–H and O–H groups in total. The SMILES string of the molecule is COc1ccccc1-c1nnc(NC(=O)C(C)(C)S(=O)(=O)CC2CCOCC2)[nH]1. The maximum atomic E-state index is 12.9. The Morgan fingerprint density at radius 2 is 1.97 bits per heavy atom. The summed E-state index contributed by atoms with van der Waals surface area (Å²) >= 11 is 0. The zero-order chi connectivity index (χ0) is 21.1. The molecule has 9 nitrogen and oxygen atoms in total. The molecule has 1 aromatic carbocycles. The largest absolute Gasteiger partial charge is 0.496 e. The van der Waals surface area contributed by atoms with Gasteiger partial charge < -0.3 is 14.5 Å². The van der Waals surface area contributed by atoms with E-state index < -0.39 is 20.5 Å². The van der Waals surface area contributed by atoms with Crippen molar-refractivity contribution < 1.29 is 22.7 Å². The van der Waals surface area contributed by atoms with E-state index in [4.69, 9.17) is 9.47 Å². The van der Waals surface area contributed by atoms with Crippen LogP contribution in [0.2, 0.25) is 0 Å². The first-order valence-electron chi connectivity index (χ1n) is 9.42. The van der Waals surface area contributed by atoms with E-state index in [1.807, 2.05) is 12.1 Å². The summed E-state index contributed by atoms with van der Waals surface area (Å²) in [5, 5.41) is 10.5. The number of methoxy groups -OCH3 is 1. The number of ether oxygens (including phenoxy) is 2.